The van der Waals surface area contributed by atoms with Crippen LogP contribution >= 0.6 is 27.5 Å². The first-order valence-electron chi connectivity index (χ1n) is 5.48. The topological polar surface area (TPSA) is 17.8 Å². The van der Waals surface area contributed by atoms with Crippen LogP contribution in [0.3, 0.4) is 0 Å². The average Bonchev–Trinajstić information content (AvgIpc) is 2.72. The van der Waals surface area contributed by atoms with Crippen LogP contribution in [0.5, 0.6) is 0 Å². The van der Waals surface area contributed by atoms with Crippen LogP contribution in [0.4, 0.5) is 0 Å². The molecule has 1 unspecified atom stereocenters. The molecule has 0 spiro atoms. The van der Waals surface area contributed by atoms with Crippen molar-refractivity contribution < 1.29 is 0 Å². The number of hydrogen-bond donors (Lipinski definition) is 0. The Morgan fingerprint density at radius 1 is 1.47 bits per heavy atom. The second-order valence-corrected chi connectivity index (χ2v) is 5.36. The first-order valence-corrected chi connectivity index (χ1v) is 6.80. The van der Waals surface area contributed by atoms with E-state index in [1.54, 1.807) is 0 Å². The molecule has 0 radical (unpaired) electrons. The van der Waals surface area contributed by atoms with Crippen molar-refractivity contribution in [1.82, 2.24) is 9.78 Å². The first kappa shape index (κ1) is 12.7. The van der Waals surface area contributed by atoms with E-state index in [1.165, 1.54) is 11.1 Å². The highest BCUT2D eigenvalue weighted by molar-refractivity contribution is 9.10. The van der Waals surface area contributed by atoms with Gasteiger partial charge in [-0.3, -0.25) is 4.68 Å². The molecule has 2 aromatic rings. The van der Waals surface area contributed by atoms with Gasteiger partial charge in [0.15, 0.2) is 0 Å². The van der Waals surface area contributed by atoms with Crippen molar-refractivity contribution in [2.24, 2.45) is 7.05 Å². The molecule has 1 heterocycles. The van der Waals surface area contributed by atoms with E-state index in [-0.39, 0.29) is 0 Å². The van der Waals surface area contributed by atoms with Crippen molar-refractivity contribution in [3.05, 3.63) is 52.3 Å². The van der Waals surface area contributed by atoms with E-state index >= 15 is 0 Å². The number of nitrogens with zero attached hydrogens (tertiary/aromatic N) is 2. The molecule has 0 saturated carbocycles. The van der Waals surface area contributed by atoms with Gasteiger partial charge in [0.05, 0.1) is 6.20 Å². The fourth-order valence-electron chi connectivity index (χ4n) is 1.88. The predicted octanol–water partition coefficient (Wildman–Crippen LogP) is 3.75. The van der Waals surface area contributed by atoms with Gasteiger partial charge < -0.3 is 0 Å². The lowest BCUT2D eigenvalue weighted by Crippen LogP contribution is -2.04. The van der Waals surface area contributed by atoms with Crippen molar-refractivity contribution in [3.63, 3.8) is 0 Å². The molecule has 0 fully saturated rings. The molecule has 90 valence electrons. The van der Waals surface area contributed by atoms with Crippen molar-refractivity contribution in [2.45, 2.75) is 12.3 Å². The first-order chi connectivity index (χ1) is 8.19. The number of hydrogen-bond acceptors (Lipinski definition) is 1. The Morgan fingerprint density at radius 2 is 2.29 bits per heavy atom. The Labute approximate surface area is 115 Å². The molecule has 0 aliphatic carbocycles. The van der Waals surface area contributed by atoms with E-state index in [4.69, 9.17) is 11.6 Å². The summed E-state index contributed by atoms with van der Waals surface area (Å²) in [6.07, 6.45) is 4.86. The molecule has 1 aromatic carbocycles. The van der Waals surface area contributed by atoms with Gasteiger partial charge in [0.1, 0.15) is 0 Å². The minimum absolute atomic E-state index is 0.332. The van der Waals surface area contributed by atoms with Gasteiger partial charge in [0.25, 0.3) is 0 Å². The standard InChI is InChI=1S/C13H14BrClN2/c1-17-9-10(8-16-17)5-12(7-15)11-3-2-4-13(14)6-11/h2-4,6,8-9,12H,5,7H2,1H3. The van der Waals surface area contributed by atoms with Crippen LogP contribution in [0, 0.1) is 0 Å². The third-order valence-corrected chi connectivity index (χ3v) is 3.61. The van der Waals surface area contributed by atoms with E-state index in [1.807, 2.05) is 36.3 Å². The minimum atomic E-state index is 0.332. The van der Waals surface area contributed by atoms with Gasteiger partial charge in [-0.15, -0.1) is 11.6 Å². The summed E-state index contributed by atoms with van der Waals surface area (Å²) in [5, 5.41) is 4.18. The Balaban J connectivity index is 2.16. The summed E-state index contributed by atoms with van der Waals surface area (Å²) in [5.74, 6) is 0.948. The highest BCUT2D eigenvalue weighted by Gasteiger charge is 2.12. The molecular weight excluding hydrogens is 300 g/mol. The molecule has 2 nitrogen and oxygen atoms in total. The van der Waals surface area contributed by atoms with Gasteiger partial charge in [-0.1, -0.05) is 28.1 Å². The van der Waals surface area contributed by atoms with Crippen LogP contribution in [-0.2, 0) is 13.5 Å². The van der Waals surface area contributed by atoms with Gasteiger partial charge in [-0.05, 0) is 29.7 Å². The molecule has 17 heavy (non-hydrogen) atoms. The van der Waals surface area contributed by atoms with Crippen LogP contribution in [0.2, 0.25) is 0 Å². The molecule has 1 atom stereocenters. The highest BCUT2D eigenvalue weighted by Crippen LogP contribution is 2.24. The Hall–Kier alpha value is -0.800. The highest BCUT2D eigenvalue weighted by atomic mass is 79.9. The Morgan fingerprint density at radius 3 is 2.88 bits per heavy atom. The largest absolute Gasteiger partial charge is 0.276 e. The molecule has 0 aliphatic rings. The minimum Gasteiger partial charge on any atom is -0.276 e. The molecule has 0 aliphatic heterocycles. The maximum absolute atomic E-state index is 6.07. The second kappa shape index (κ2) is 5.69. The third-order valence-electron chi connectivity index (χ3n) is 2.75. The normalized spacial score (nSPS) is 12.6. The summed E-state index contributed by atoms with van der Waals surface area (Å²) in [6, 6.07) is 8.32. The van der Waals surface area contributed by atoms with Gasteiger partial charge in [-0.2, -0.15) is 5.10 Å². The molecule has 0 N–H and O–H groups in total. The fraction of sp³-hybridized carbons (Fsp3) is 0.308. The molecular formula is C13H14BrClN2. The number of halogens is 2. The Kier molecular flexibility index (Phi) is 4.24. The lowest BCUT2D eigenvalue weighted by Gasteiger charge is -2.13. The fourth-order valence-corrected chi connectivity index (χ4v) is 2.59. The summed E-state index contributed by atoms with van der Waals surface area (Å²) < 4.78 is 2.91. The molecule has 0 bridgehead atoms. The third kappa shape index (κ3) is 3.33. The smallest absolute Gasteiger partial charge is 0.0521 e. The van der Waals surface area contributed by atoms with E-state index < -0.39 is 0 Å². The SMILES string of the molecule is Cn1cc(CC(CCl)c2cccc(Br)c2)cn1. The Bertz CT molecular complexity index is 496. The molecule has 0 saturated heterocycles. The second-order valence-electron chi connectivity index (χ2n) is 4.13. The average molecular weight is 314 g/mol. The lowest BCUT2D eigenvalue weighted by atomic mass is 9.95. The number of alkyl halides is 1. The van der Waals surface area contributed by atoms with Gasteiger partial charge >= 0.3 is 0 Å². The van der Waals surface area contributed by atoms with Crippen LogP contribution < -0.4 is 0 Å². The summed E-state index contributed by atoms with van der Waals surface area (Å²) in [4.78, 5) is 0. The molecule has 1 aromatic heterocycles. The molecule has 4 heteroatoms. The van der Waals surface area contributed by atoms with Gasteiger partial charge in [0, 0.05) is 29.5 Å². The quantitative estimate of drug-likeness (QED) is 0.786. The van der Waals surface area contributed by atoms with Gasteiger partial charge in [-0.25, -0.2) is 0 Å². The zero-order valence-corrected chi connectivity index (χ0v) is 11.9. The van der Waals surface area contributed by atoms with Crippen LogP contribution in [0.25, 0.3) is 0 Å². The zero-order chi connectivity index (χ0) is 12.3. The van der Waals surface area contributed by atoms with Crippen molar-refractivity contribution in [3.8, 4) is 0 Å². The molecule has 2 rings (SSSR count). The monoisotopic (exact) mass is 312 g/mol. The maximum atomic E-state index is 6.07. The van der Waals surface area contributed by atoms with Crippen LogP contribution in [0.15, 0.2) is 41.1 Å². The van der Waals surface area contributed by atoms with Gasteiger partial charge in [0.2, 0.25) is 0 Å². The summed E-state index contributed by atoms with van der Waals surface area (Å²) in [7, 11) is 1.93. The lowest BCUT2D eigenvalue weighted by molar-refractivity contribution is 0.754. The summed E-state index contributed by atoms with van der Waals surface area (Å²) in [5.41, 5.74) is 2.48. The summed E-state index contributed by atoms with van der Waals surface area (Å²) >= 11 is 9.56. The van der Waals surface area contributed by atoms with Crippen molar-refractivity contribution in [1.29, 1.82) is 0 Å². The van der Waals surface area contributed by atoms with Crippen molar-refractivity contribution in [2.75, 3.05) is 5.88 Å². The van der Waals surface area contributed by atoms with E-state index in [2.05, 4.69) is 33.2 Å². The number of benzene rings is 1. The summed E-state index contributed by atoms with van der Waals surface area (Å²) in [6.45, 7) is 0. The number of aryl methyl sites for hydroxylation is 1. The van der Waals surface area contributed by atoms with E-state index in [9.17, 15) is 0 Å². The number of rotatable bonds is 4. The predicted molar refractivity (Wildman–Crippen MR) is 74.5 cm³/mol. The van der Waals surface area contributed by atoms with Crippen LogP contribution in [0.1, 0.15) is 17.0 Å². The van der Waals surface area contributed by atoms with E-state index in [0.717, 1.165) is 10.9 Å². The van der Waals surface area contributed by atoms with Crippen LogP contribution in [-0.4, -0.2) is 15.7 Å². The molecule has 0 amide bonds. The van der Waals surface area contributed by atoms with Crippen molar-refractivity contribution >= 4 is 27.5 Å². The maximum Gasteiger partial charge on any atom is 0.0521 e. The number of aromatic nitrogens is 2. The van der Waals surface area contributed by atoms with E-state index in [0.29, 0.717) is 11.8 Å². The zero-order valence-electron chi connectivity index (χ0n) is 9.61.